The molecule has 5 nitrogen and oxygen atoms in total. The number of pyridine rings is 2. The molecular weight excluding hydrogens is 372 g/mol. The Balaban J connectivity index is 1.27. The lowest BCUT2D eigenvalue weighted by Gasteiger charge is -2.36. The van der Waals surface area contributed by atoms with Crippen molar-refractivity contribution in [2.45, 2.75) is 37.7 Å². The fourth-order valence-corrected chi connectivity index (χ4v) is 5.15. The zero-order valence-electron chi connectivity index (χ0n) is 17.0. The maximum Gasteiger partial charge on any atom is 0.0992 e. The third-order valence-corrected chi connectivity index (χ3v) is 6.93. The van der Waals surface area contributed by atoms with E-state index in [1.165, 1.54) is 29.5 Å². The molecule has 6 rings (SSSR count). The van der Waals surface area contributed by atoms with Crippen LogP contribution in [0.5, 0.6) is 0 Å². The molecule has 0 radical (unpaired) electrons. The van der Waals surface area contributed by atoms with Gasteiger partial charge in [0.05, 0.1) is 29.7 Å². The number of nitrogens with zero attached hydrogens (tertiary/aromatic N) is 4. The highest BCUT2D eigenvalue weighted by Crippen LogP contribution is 2.46. The zero-order valence-corrected chi connectivity index (χ0v) is 17.0. The Morgan fingerprint density at radius 3 is 2.67 bits per heavy atom. The number of aromatic nitrogens is 3. The smallest absolute Gasteiger partial charge is 0.0992 e. The van der Waals surface area contributed by atoms with Crippen molar-refractivity contribution in [3.8, 4) is 0 Å². The highest BCUT2D eigenvalue weighted by molar-refractivity contribution is 5.91. The second-order valence-corrected chi connectivity index (χ2v) is 8.76. The van der Waals surface area contributed by atoms with E-state index in [1.54, 1.807) is 0 Å². The monoisotopic (exact) mass is 398 g/mol. The molecule has 1 aliphatic heterocycles. The topological polar surface area (TPSA) is 53.7 Å². The van der Waals surface area contributed by atoms with Gasteiger partial charge in [0.1, 0.15) is 0 Å². The van der Waals surface area contributed by atoms with Gasteiger partial charge in [-0.2, -0.15) is 0 Å². The minimum absolute atomic E-state index is 0.271. The summed E-state index contributed by atoms with van der Waals surface area (Å²) in [5.41, 5.74) is 5.81. The van der Waals surface area contributed by atoms with Crippen molar-refractivity contribution in [1.82, 2.24) is 14.4 Å². The van der Waals surface area contributed by atoms with Gasteiger partial charge in [-0.05, 0) is 61.3 Å². The van der Waals surface area contributed by atoms with E-state index in [0.29, 0.717) is 5.92 Å². The highest BCUT2D eigenvalue weighted by atomic mass is 16.3. The summed E-state index contributed by atoms with van der Waals surface area (Å²) >= 11 is 0. The summed E-state index contributed by atoms with van der Waals surface area (Å²) in [6.07, 6.45) is 11.7. The number of hydrogen-bond acceptors (Lipinski definition) is 4. The van der Waals surface area contributed by atoms with Crippen LogP contribution in [-0.2, 0) is 0 Å². The zero-order chi connectivity index (χ0) is 20.1. The molecule has 4 heterocycles. The van der Waals surface area contributed by atoms with Crippen LogP contribution < -0.4 is 4.90 Å². The van der Waals surface area contributed by atoms with E-state index in [4.69, 9.17) is 0 Å². The predicted molar refractivity (Wildman–Crippen MR) is 119 cm³/mol. The SMILES string of the molecule is OC(c1c(C2CC2)ccn2cncc12)C1CCN(c2ccnc3ccccc23)CC1. The molecule has 3 aromatic heterocycles. The van der Waals surface area contributed by atoms with Gasteiger partial charge in [-0.3, -0.25) is 4.98 Å². The van der Waals surface area contributed by atoms with Crippen LogP contribution in [0.4, 0.5) is 5.69 Å². The minimum Gasteiger partial charge on any atom is -0.388 e. The number of fused-ring (bicyclic) bond motifs is 2. The molecule has 5 heteroatoms. The van der Waals surface area contributed by atoms with Crippen molar-refractivity contribution in [1.29, 1.82) is 0 Å². The first-order valence-corrected chi connectivity index (χ1v) is 11.0. The quantitative estimate of drug-likeness (QED) is 0.541. The van der Waals surface area contributed by atoms with Crippen molar-refractivity contribution < 1.29 is 5.11 Å². The predicted octanol–water partition coefficient (Wildman–Crippen LogP) is 4.71. The third-order valence-electron chi connectivity index (χ3n) is 6.93. The van der Waals surface area contributed by atoms with Crippen LogP contribution in [0.2, 0.25) is 0 Å². The van der Waals surface area contributed by atoms with Crippen LogP contribution in [0.15, 0.2) is 61.3 Å². The standard InChI is InChI=1S/C25H26N4O/c30-25(24-19(17-5-6-17)10-14-29-16-26-15-23(24)29)18-8-12-28(13-9-18)22-7-11-27-21-4-2-1-3-20(21)22/h1-4,7,10-11,14-18,25,30H,5-6,8-9,12-13H2. The molecule has 1 aromatic carbocycles. The summed E-state index contributed by atoms with van der Waals surface area (Å²) in [5.74, 6) is 0.880. The number of aliphatic hydroxyl groups is 1. The van der Waals surface area contributed by atoms with Crippen LogP contribution in [0.3, 0.4) is 0 Å². The van der Waals surface area contributed by atoms with Gasteiger partial charge in [-0.15, -0.1) is 0 Å². The fourth-order valence-electron chi connectivity index (χ4n) is 5.15. The van der Waals surface area contributed by atoms with Gasteiger partial charge in [0.15, 0.2) is 0 Å². The minimum atomic E-state index is -0.433. The molecule has 1 saturated carbocycles. The Hall–Kier alpha value is -2.92. The van der Waals surface area contributed by atoms with Gasteiger partial charge >= 0.3 is 0 Å². The Morgan fingerprint density at radius 2 is 1.83 bits per heavy atom. The van der Waals surface area contributed by atoms with E-state index in [2.05, 4.69) is 51.4 Å². The number of imidazole rings is 1. The Bertz CT molecular complexity index is 1200. The second kappa shape index (κ2) is 7.10. The van der Waals surface area contributed by atoms with E-state index < -0.39 is 6.10 Å². The van der Waals surface area contributed by atoms with Crippen molar-refractivity contribution in [2.75, 3.05) is 18.0 Å². The van der Waals surface area contributed by atoms with Crippen molar-refractivity contribution in [2.24, 2.45) is 5.92 Å². The molecule has 1 atom stereocenters. The number of para-hydroxylation sites is 1. The van der Waals surface area contributed by atoms with E-state index >= 15 is 0 Å². The molecule has 2 fully saturated rings. The van der Waals surface area contributed by atoms with Gasteiger partial charge in [0.2, 0.25) is 0 Å². The van der Waals surface area contributed by atoms with Crippen LogP contribution in [0.25, 0.3) is 16.4 Å². The number of piperidine rings is 1. The molecule has 30 heavy (non-hydrogen) atoms. The molecule has 2 aliphatic rings. The average Bonchev–Trinajstić information content (AvgIpc) is 3.54. The first-order valence-electron chi connectivity index (χ1n) is 11.0. The number of anilines is 1. The largest absolute Gasteiger partial charge is 0.388 e. The number of hydrogen-bond donors (Lipinski definition) is 1. The van der Waals surface area contributed by atoms with Gasteiger partial charge in [0, 0.05) is 42.1 Å². The average molecular weight is 399 g/mol. The van der Waals surface area contributed by atoms with Crippen molar-refractivity contribution in [3.05, 3.63) is 72.4 Å². The number of rotatable bonds is 4. The van der Waals surface area contributed by atoms with E-state index in [1.807, 2.05) is 29.2 Å². The summed E-state index contributed by atoms with van der Waals surface area (Å²) < 4.78 is 2.04. The summed E-state index contributed by atoms with van der Waals surface area (Å²) in [6.45, 7) is 1.91. The van der Waals surface area contributed by atoms with Gasteiger partial charge < -0.3 is 14.4 Å². The Morgan fingerprint density at radius 1 is 1.00 bits per heavy atom. The Kier molecular flexibility index (Phi) is 4.23. The lowest BCUT2D eigenvalue weighted by atomic mass is 9.84. The van der Waals surface area contributed by atoms with Crippen molar-refractivity contribution >= 4 is 22.1 Å². The lowest BCUT2D eigenvalue weighted by Crippen LogP contribution is -2.36. The summed E-state index contributed by atoms with van der Waals surface area (Å²) in [6, 6.07) is 12.7. The van der Waals surface area contributed by atoms with E-state index in [0.717, 1.165) is 42.5 Å². The molecule has 0 amide bonds. The lowest BCUT2D eigenvalue weighted by molar-refractivity contribution is 0.0931. The molecule has 1 saturated heterocycles. The van der Waals surface area contributed by atoms with Crippen LogP contribution >= 0.6 is 0 Å². The molecule has 4 aromatic rings. The summed E-state index contributed by atoms with van der Waals surface area (Å²) in [7, 11) is 0. The first kappa shape index (κ1) is 17.9. The summed E-state index contributed by atoms with van der Waals surface area (Å²) in [4.78, 5) is 11.3. The van der Waals surface area contributed by atoms with E-state index in [-0.39, 0.29) is 5.92 Å². The molecule has 152 valence electrons. The van der Waals surface area contributed by atoms with Crippen LogP contribution in [0, 0.1) is 5.92 Å². The van der Waals surface area contributed by atoms with E-state index in [9.17, 15) is 5.11 Å². The third kappa shape index (κ3) is 2.96. The van der Waals surface area contributed by atoms with Gasteiger partial charge in [0.25, 0.3) is 0 Å². The summed E-state index contributed by atoms with van der Waals surface area (Å²) in [5, 5.41) is 12.7. The maximum atomic E-state index is 11.5. The molecule has 1 N–H and O–H groups in total. The molecule has 0 bridgehead atoms. The van der Waals surface area contributed by atoms with Crippen molar-refractivity contribution in [3.63, 3.8) is 0 Å². The highest BCUT2D eigenvalue weighted by Gasteiger charge is 2.34. The first-order chi connectivity index (χ1) is 14.8. The molecular formula is C25H26N4O. The molecule has 0 spiro atoms. The second-order valence-electron chi connectivity index (χ2n) is 8.76. The van der Waals surface area contributed by atoms with Gasteiger partial charge in [-0.1, -0.05) is 18.2 Å². The number of aliphatic hydroxyl groups excluding tert-OH is 1. The fraction of sp³-hybridized carbons (Fsp3) is 0.360. The normalized spacial score (nSPS) is 18.9. The number of benzene rings is 1. The molecule has 1 unspecified atom stereocenters. The van der Waals surface area contributed by atoms with Crippen LogP contribution in [0.1, 0.15) is 48.8 Å². The van der Waals surface area contributed by atoms with Crippen LogP contribution in [-0.4, -0.2) is 32.6 Å². The molecule has 1 aliphatic carbocycles. The van der Waals surface area contributed by atoms with Gasteiger partial charge in [-0.25, -0.2) is 4.98 Å². The maximum absolute atomic E-state index is 11.5. The Labute approximate surface area is 176 Å².